The van der Waals surface area contributed by atoms with Crippen LogP contribution in [0.2, 0.25) is 0 Å². The average Bonchev–Trinajstić information content (AvgIpc) is 3.46. The van der Waals surface area contributed by atoms with Crippen LogP contribution in [0.25, 0.3) is 5.13 Å². The molecule has 6 nitrogen and oxygen atoms in total. The van der Waals surface area contributed by atoms with Crippen LogP contribution >= 0.6 is 11.3 Å². The quantitative estimate of drug-likeness (QED) is 0.698. The summed E-state index contributed by atoms with van der Waals surface area (Å²) in [4.78, 5) is 17.5. The van der Waals surface area contributed by atoms with Gasteiger partial charge in [0.25, 0.3) is 5.91 Å². The molecule has 4 rings (SSSR count). The highest BCUT2D eigenvalue weighted by atomic mass is 32.1. The molecular formula is C23H30N4O2S. The highest BCUT2D eigenvalue weighted by Crippen LogP contribution is 2.24. The third-order valence-corrected chi connectivity index (χ3v) is 6.18. The van der Waals surface area contributed by atoms with E-state index in [1.54, 1.807) is 18.0 Å². The molecule has 0 aromatic carbocycles. The molecule has 2 aromatic heterocycles. The van der Waals surface area contributed by atoms with Crippen LogP contribution in [-0.2, 0) is 4.74 Å². The van der Waals surface area contributed by atoms with E-state index in [1.165, 1.54) is 16.9 Å². The second-order valence-electron chi connectivity index (χ2n) is 7.08. The maximum Gasteiger partial charge on any atom is 0.263 e. The Morgan fingerprint density at radius 2 is 2.27 bits per heavy atom. The van der Waals surface area contributed by atoms with Crippen LogP contribution in [0.3, 0.4) is 0 Å². The Morgan fingerprint density at radius 3 is 3.00 bits per heavy atom. The fourth-order valence-corrected chi connectivity index (χ4v) is 4.31. The standard InChI is InChI=1S/C14H18N4O2S.C9H10.H2/c1-9-12(21-14(16-9)18-8-4-7-15-18)13(19)17-10-5-3-6-11(10)20-2;1-2-9-7-5-3-4-6-8-9;/h4,7-8,10-11H,3,5-6H2,1-2H3,(H,17,19);3-7H,2H2,1H3;1H/t10-,11-;;/m0../s1. The minimum absolute atomic E-state index is 0. The smallest absolute Gasteiger partial charge is 0.263 e. The van der Waals surface area contributed by atoms with E-state index in [0.29, 0.717) is 10.0 Å². The zero-order valence-corrected chi connectivity index (χ0v) is 18.5. The lowest BCUT2D eigenvalue weighted by molar-refractivity contribution is 0.0724. The summed E-state index contributed by atoms with van der Waals surface area (Å²) in [6, 6.07) is 1.93. The fraction of sp³-hybridized carbons (Fsp3) is 0.391. The lowest BCUT2D eigenvalue weighted by Crippen LogP contribution is -2.40. The Morgan fingerprint density at radius 1 is 1.40 bits per heavy atom. The number of methoxy groups -OCH3 is 1. The Kier molecular flexibility index (Phi) is 7.97. The molecule has 0 bridgehead atoms. The molecule has 0 radical (unpaired) electrons. The molecular weight excluding hydrogens is 396 g/mol. The lowest BCUT2D eigenvalue weighted by atomic mass is 10.2. The number of aryl methyl sites for hydroxylation is 1. The average molecular weight is 427 g/mol. The molecule has 2 aliphatic carbocycles. The molecule has 1 saturated carbocycles. The maximum atomic E-state index is 12.4. The number of nitrogens with one attached hydrogen (secondary N) is 1. The molecule has 2 atom stereocenters. The Balaban J connectivity index is 0.000000289. The second-order valence-corrected chi connectivity index (χ2v) is 8.06. The summed E-state index contributed by atoms with van der Waals surface area (Å²) in [5.74, 6) is -0.0719. The van der Waals surface area contributed by atoms with E-state index in [0.717, 1.165) is 31.4 Å². The molecule has 2 aliphatic rings. The maximum absolute atomic E-state index is 12.4. The van der Waals surface area contributed by atoms with Crippen LogP contribution in [0, 0.1) is 6.92 Å². The molecule has 1 amide bonds. The summed E-state index contributed by atoms with van der Waals surface area (Å²) in [7, 11) is 1.70. The molecule has 2 aromatic rings. The van der Waals surface area contributed by atoms with Crippen molar-refractivity contribution in [2.75, 3.05) is 7.11 Å². The molecule has 0 aliphatic heterocycles. The van der Waals surface area contributed by atoms with Crippen LogP contribution in [0.15, 0.2) is 60.1 Å². The minimum Gasteiger partial charge on any atom is -0.379 e. The Bertz CT molecular complexity index is 972. The van der Waals surface area contributed by atoms with Crippen molar-refractivity contribution in [2.45, 2.75) is 51.7 Å². The van der Waals surface area contributed by atoms with Crippen molar-refractivity contribution < 1.29 is 11.0 Å². The van der Waals surface area contributed by atoms with Gasteiger partial charge in [0.15, 0.2) is 0 Å². The van der Waals surface area contributed by atoms with E-state index < -0.39 is 0 Å². The minimum atomic E-state index is -0.0719. The van der Waals surface area contributed by atoms with Gasteiger partial charge in [-0.3, -0.25) is 4.79 Å². The van der Waals surface area contributed by atoms with Crippen molar-refractivity contribution in [1.29, 1.82) is 0 Å². The van der Waals surface area contributed by atoms with E-state index >= 15 is 0 Å². The second kappa shape index (κ2) is 10.9. The lowest BCUT2D eigenvalue weighted by Gasteiger charge is -2.19. The summed E-state index contributed by atoms with van der Waals surface area (Å²) in [6.45, 7) is 3.98. The number of aromatic nitrogens is 3. The topological polar surface area (TPSA) is 69.0 Å². The van der Waals surface area contributed by atoms with Crippen LogP contribution in [0.4, 0.5) is 0 Å². The van der Waals surface area contributed by atoms with E-state index in [2.05, 4.69) is 34.1 Å². The summed E-state index contributed by atoms with van der Waals surface area (Å²) < 4.78 is 7.08. The van der Waals surface area contributed by atoms with Crippen LogP contribution in [-0.4, -0.2) is 39.9 Å². The van der Waals surface area contributed by atoms with Crippen molar-refractivity contribution >= 4 is 17.2 Å². The van der Waals surface area contributed by atoms with Crippen molar-refractivity contribution in [3.63, 3.8) is 0 Å². The first kappa shape index (κ1) is 22.0. The molecule has 2 heterocycles. The number of ether oxygens (including phenoxy) is 1. The van der Waals surface area contributed by atoms with Crippen molar-refractivity contribution in [3.8, 4) is 5.13 Å². The number of nitrogens with zero attached hydrogens (tertiary/aromatic N) is 3. The number of thiazole rings is 1. The Hall–Kier alpha value is -2.73. The van der Waals surface area contributed by atoms with Gasteiger partial charge in [-0.15, -0.1) is 5.73 Å². The van der Waals surface area contributed by atoms with E-state index in [4.69, 9.17) is 4.74 Å². The molecule has 30 heavy (non-hydrogen) atoms. The van der Waals surface area contributed by atoms with Crippen molar-refractivity contribution in [1.82, 2.24) is 20.1 Å². The normalized spacial score (nSPS) is 19.8. The highest BCUT2D eigenvalue weighted by Gasteiger charge is 2.29. The third-order valence-electron chi connectivity index (χ3n) is 5.03. The summed E-state index contributed by atoms with van der Waals surface area (Å²) in [5.41, 5.74) is 5.14. The number of hydrogen-bond donors (Lipinski definition) is 1. The molecule has 0 spiro atoms. The van der Waals surface area contributed by atoms with Gasteiger partial charge in [-0.25, -0.2) is 9.67 Å². The van der Waals surface area contributed by atoms with Gasteiger partial charge < -0.3 is 10.1 Å². The molecule has 1 N–H and O–H groups in total. The fourth-order valence-electron chi connectivity index (χ4n) is 3.39. The molecule has 0 saturated heterocycles. The van der Waals surface area contributed by atoms with E-state index in [9.17, 15) is 4.79 Å². The Labute approximate surface area is 183 Å². The van der Waals surface area contributed by atoms with Gasteiger partial charge in [0.1, 0.15) is 4.88 Å². The third kappa shape index (κ3) is 5.66. The number of hydrogen-bond acceptors (Lipinski definition) is 5. The monoisotopic (exact) mass is 426 g/mol. The SMILES string of the molecule is CCC1=C=CC=CC=C1.CO[C@H]1CCC[C@@H]1NC(=O)c1sc(-n2cccn2)nc1C.[HH]. The summed E-state index contributed by atoms with van der Waals surface area (Å²) in [5, 5.41) is 7.92. The van der Waals surface area contributed by atoms with Gasteiger partial charge >= 0.3 is 0 Å². The highest BCUT2D eigenvalue weighted by molar-refractivity contribution is 7.16. The van der Waals surface area contributed by atoms with E-state index in [1.807, 2.05) is 43.5 Å². The number of carbonyl (C=O) groups is 1. The molecule has 0 unspecified atom stereocenters. The predicted molar refractivity (Wildman–Crippen MR) is 122 cm³/mol. The van der Waals surface area contributed by atoms with Gasteiger partial charge in [-0.05, 0) is 50.3 Å². The number of rotatable bonds is 5. The van der Waals surface area contributed by atoms with Crippen LogP contribution in [0.1, 0.15) is 49.4 Å². The van der Waals surface area contributed by atoms with Gasteiger partial charge in [-0.1, -0.05) is 42.6 Å². The first-order valence-electron chi connectivity index (χ1n) is 10.2. The molecule has 160 valence electrons. The van der Waals surface area contributed by atoms with Crippen molar-refractivity contribution in [3.05, 3.63) is 70.7 Å². The van der Waals surface area contributed by atoms with Gasteiger partial charge in [0, 0.05) is 20.9 Å². The zero-order chi connectivity index (χ0) is 21.3. The first-order chi connectivity index (χ1) is 14.6. The number of allylic oxidation sites excluding steroid dienone is 5. The van der Waals surface area contributed by atoms with Gasteiger partial charge in [0.2, 0.25) is 5.13 Å². The number of carbonyl (C=O) groups excluding carboxylic acids is 1. The first-order valence-corrected chi connectivity index (χ1v) is 11.0. The van der Waals surface area contributed by atoms with Crippen molar-refractivity contribution in [2.24, 2.45) is 0 Å². The van der Waals surface area contributed by atoms with Gasteiger partial charge in [0.05, 0.1) is 17.8 Å². The molecule has 7 heteroatoms. The summed E-state index contributed by atoms with van der Waals surface area (Å²) >= 11 is 1.35. The van der Waals surface area contributed by atoms with Crippen LogP contribution < -0.4 is 5.32 Å². The summed E-state index contributed by atoms with van der Waals surface area (Å²) in [6.07, 6.45) is 17.8. The van der Waals surface area contributed by atoms with Crippen LogP contribution in [0.5, 0.6) is 0 Å². The largest absolute Gasteiger partial charge is 0.379 e. The van der Waals surface area contributed by atoms with Gasteiger partial charge in [-0.2, -0.15) is 5.10 Å². The number of amides is 1. The van der Waals surface area contributed by atoms with E-state index in [-0.39, 0.29) is 19.5 Å². The zero-order valence-electron chi connectivity index (χ0n) is 17.7. The predicted octanol–water partition coefficient (Wildman–Crippen LogP) is 4.78. The molecule has 1 fully saturated rings.